The second-order valence-corrected chi connectivity index (χ2v) is 4.51. The molecule has 1 aliphatic heterocycles. The highest BCUT2D eigenvalue weighted by atomic mass is 16.6. The maximum Gasteiger partial charge on any atom is 0.335 e. The van der Waals surface area contributed by atoms with Gasteiger partial charge in [-0.2, -0.15) is 0 Å². The van der Waals surface area contributed by atoms with E-state index in [4.69, 9.17) is 20.3 Å². The molecule has 2 aromatic rings. The number of ether oxygens (including phenoxy) is 2. The van der Waals surface area contributed by atoms with Crippen LogP contribution in [0.2, 0.25) is 0 Å². The fourth-order valence-electron chi connectivity index (χ4n) is 2.16. The van der Waals surface area contributed by atoms with Gasteiger partial charge in [0.1, 0.15) is 13.2 Å². The van der Waals surface area contributed by atoms with Crippen LogP contribution in [0.3, 0.4) is 0 Å². The molecule has 0 atom stereocenters. The molecule has 5 heteroatoms. The van der Waals surface area contributed by atoms with E-state index >= 15 is 0 Å². The van der Waals surface area contributed by atoms with Crippen LogP contribution in [0, 0.1) is 0 Å². The van der Waals surface area contributed by atoms with Crippen LogP contribution in [0.1, 0.15) is 10.4 Å². The Labute approximate surface area is 115 Å². The second-order valence-electron chi connectivity index (χ2n) is 4.51. The van der Waals surface area contributed by atoms with Crippen molar-refractivity contribution in [2.75, 3.05) is 18.9 Å². The van der Waals surface area contributed by atoms with E-state index in [-0.39, 0.29) is 5.56 Å². The van der Waals surface area contributed by atoms with Gasteiger partial charge in [0, 0.05) is 5.69 Å². The number of carbonyl (C=O) groups is 1. The smallest absolute Gasteiger partial charge is 0.335 e. The highest BCUT2D eigenvalue weighted by Crippen LogP contribution is 2.35. The van der Waals surface area contributed by atoms with Gasteiger partial charge in [-0.05, 0) is 41.5 Å². The molecule has 0 radical (unpaired) electrons. The Morgan fingerprint density at radius 2 is 1.75 bits per heavy atom. The summed E-state index contributed by atoms with van der Waals surface area (Å²) in [6.07, 6.45) is 0. The van der Waals surface area contributed by atoms with E-state index in [1.807, 2.05) is 18.2 Å². The molecule has 0 saturated heterocycles. The number of anilines is 1. The third-order valence-electron chi connectivity index (χ3n) is 3.08. The third kappa shape index (κ3) is 2.25. The normalized spacial score (nSPS) is 13.0. The molecular weight excluding hydrogens is 258 g/mol. The van der Waals surface area contributed by atoms with Crippen molar-refractivity contribution in [3.63, 3.8) is 0 Å². The molecule has 0 aromatic heterocycles. The second kappa shape index (κ2) is 4.77. The van der Waals surface area contributed by atoms with Crippen LogP contribution in [0.15, 0.2) is 36.4 Å². The molecule has 20 heavy (non-hydrogen) atoms. The van der Waals surface area contributed by atoms with E-state index in [0.29, 0.717) is 30.4 Å². The van der Waals surface area contributed by atoms with Crippen molar-refractivity contribution in [1.29, 1.82) is 0 Å². The average molecular weight is 271 g/mol. The molecule has 3 rings (SSSR count). The Hall–Kier alpha value is -2.69. The Balaban J connectivity index is 2.06. The van der Waals surface area contributed by atoms with Gasteiger partial charge >= 0.3 is 5.97 Å². The lowest BCUT2D eigenvalue weighted by Gasteiger charge is -2.19. The van der Waals surface area contributed by atoms with Crippen molar-refractivity contribution < 1.29 is 19.4 Å². The predicted molar refractivity (Wildman–Crippen MR) is 74.2 cm³/mol. The Bertz CT molecular complexity index is 682. The molecule has 5 nitrogen and oxygen atoms in total. The zero-order valence-corrected chi connectivity index (χ0v) is 10.6. The van der Waals surface area contributed by atoms with E-state index in [2.05, 4.69) is 0 Å². The quantitative estimate of drug-likeness (QED) is 0.820. The van der Waals surface area contributed by atoms with E-state index in [0.717, 1.165) is 11.1 Å². The lowest BCUT2D eigenvalue weighted by molar-refractivity contribution is 0.0697. The summed E-state index contributed by atoms with van der Waals surface area (Å²) in [4.78, 5) is 11.1. The van der Waals surface area contributed by atoms with Crippen molar-refractivity contribution in [1.82, 2.24) is 0 Å². The van der Waals surface area contributed by atoms with Crippen LogP contribution in [0.5, 0.6) is 11.5 Å². The van der Waals surface area contributed by atoms with Crippen LogP contribution in [-0.4, -0.2) is 24.3 Å². The van der Waals surface area contributed by atoms with Crippen LogP contribution in [0.25, 0.3) is 11.1 Å². The van der Waals surface area contributed by atoms with Gasteiger partial charge in [-0.3, -0.25) is 0 Å². The summed E-state index contributed by atoms with van der Waals surface area (Å²) in [6, 6.07) is 10.3. The number of benzene rings is 2. The number of fused-ring (bicyclic) bond motifs is 1. The standard InChI is InChI=1S/C15H13NO4/c16-12-6-10(5-11(7-12)15(17)18)9-1-2-13-14(8-9)20-4-3-19-13/h1-2,5-8H,3-4,16H2,(H,17,18). The summed E-state index contributed by atoms with van der Waals surface area (Å²) in [5.41, 5.74) is 7.90. The fraction of sp³-hybridized carbons (Fsp3) is 0.133. The van der Waals surface area contributed by atoms with Crippen molar-refractivity contribution in [3.05, 3.63) is 42.0 Å². The van der Waals surface area contributed by atoms with Gasteiger partial charge in [-0.1, -0.05) is 6.07 Å². The molecule has 3 N–H and O–H groups in total. The van der Waals surface area contributed by atoms with Crippen molar-refractivity contribution in [2.45, 2.75) is 0 Å². The number of rotatable bonds is 2. The SMILES string of the molecule is Nc1cc(C(=O)O)cc(-c2ccc3c(c2)OCCO3)c1. The Morgan fingerprint density at radius 1 is 1.00 bits per heavy atom. The molecule has 0 saturated carbocycles. The number of nitrogens with two attached hydrogens (primary N) is 1. The zero-order valence-electron chi connectivity index (χ0n) is 10.6. The molecule has 0 aliphatic carbocycles. The Morgan fingerprint density at radius 3 is 2.50 bits per heavy atom. The first-order valence-electron chi connectivity index (χ1n) is 6.17. The number of nitrogen functional groups attached to an aromatic ring is 1. The molecule has 102 valence electrons. The number of hydrogen-bond acceptors (Lipinski definition) is 4. The highest BCUT2D eigenvalue weighted by Gasteiger charge is 2.13. The summed E-state index contributed by atoms with van der Waals surface area (Å²) >= 11 is 0. The number of aromatic carboxylic acids is 1. The molecule has 0 bridgehead atoms. The van der Waals surface area contributed by atoms with E-state index < -0.39 is 5.97 Å². The maximum absolute atomic E-state index is 11.1. The monoisotopic (exact) mass is 271 g/mol. The van der Waals surface area contributed by atoms with Gasteiger partial charge in [0.25, 0.3) is 0 Å². The molecule has 1 heterocycles. The Kier molecular flexibility index (Phi) is 2.95. The van der Waals surface area contributed by atoms with E-state index in [9.17, 15) is 4.79 Å². The van der Waals surface area contributed by atoms with Gasteiger partial charge in [0.05, 0.1) is 5.56 Å². The van der Waals surface area contributed by atoms with E-state index in [1.54, 1.807) is 12.1 Å². The molecule has 0 fully saturated rings. The first kappa shape index (κ1) is 12.3. The highest BCUT2D eigenvalue weighted by molar-refractivity contribution is 5.91. The number of hydrogen-bond donors (Lipinski definition) is 2. The summed E-state index contributed by atoms with van der Waals surface area (Å²) in [5, 5.41) is 9.07. The van der Waals surface area contributed by atoms with Crippen molar-refractivity contribution in [3.8, 4) is 22.6 Å². The van der Waals surface area contributed by atoms with Crippen LogP contribution in [0.4, 0.5) is 5.69 Å². The topological polar surface area (TPSA) is 81.8 Å². The van der Waals surface area contributed by atoms with Crippen LogP contribution >= 0.6 is 0 Å². The van der Waals surface area contributed by atoms with Crippen molar-refractivity contribution >= 4 is 11.7 Å². The molecule has 0 amide bonds. The first-order chi connectivity index (χ1) is 9.63. The molecule has 0 spiro atoms. The molecule has 2 aromatic carbocycles. The van der Waals surface area contributed by atoms with Crippen LogP contribution < -0.4 is 15.2 Å². The predicted octanol–water partition coefficient (Wildman–Crippen LogP) is 2.41. The van der Waals surface area contributed by atoms with Gasteiger partial charge in [0.2, 0.25) is 0 Å². The zero-order chi connectivity index (χ0) is 14.1. The van der Waals surface area contributed by atoms with Gasteiger partial charge in [0.15, 0.2) is 11.5 Å². The van der Waals surface area contributed by atoms with Crippen LogP contribution in [-0.2, 0) is 0 Å². The van der Waals surface area contributed by atoms with Gasteiger partial charge in [-0.25, -0.2) is 4.79 Å². The summed E-state index contributed by atoms with van der Waals surface area (Å²) in [6.45, 7) is 1.04. The summed E-state index contributed by atoms with van der Waals surface area (Å²) in [7, 11) is 0. The largest absolute Gasteiger partial charge is 0.486 e. The minimum absolute atomic E-state index is 0.162. The summed E-state index contributed by atoms with van der Waals surface area (Å²) < 4.78 is 11.0. The van der Waals surface area contributed by atoms with E-state index in [1.165, 1.54) is 6.07 Å². The average Bonchev–Trinajstić information content (AvgIpc) is 2.46. The van der Waals surface area contributed by atoms with Crippen molar-refractivity contribution in [2.24, 2.45) is 0 Å². The lowest BCUT2D eigenvalue weighted by Crippen LogP contribution is -2.15. The minimum Gasteiger partial charge on any atom is -0.486 e. The molecule has 0 unspecified atom stereocenters. The molecule has 1 aliphatic rings. The third-order valence-corrected chi connectivity index (χ3v) is 3.08. The maximum atomic E-state index is 11.1. The minimum atomic E-state index is -1.00. The number of carboxylic acid groups (broad SMARTS) is 1. The first-order valence-corrected chi connectivity index (χ1v) is 6.17. The molecular formula is C15H13NO4. The van der Waals surface area contributed by atoms with Gasteiger partial charge < -0.3 is 20.3 Å². The summed E-state index contributed by atoms with van der Waals surface area (Å²) in [5.74, 6) is 0.353. The number of carboxylic acids is 1. The lowest BCUT2D eigenvalue weighted by atomic mass is 10.0. The van der Waals surface area contributed by atoms with Gasteiger partial charge in [-0.15, -0.1) is 0 Å². The fourth-order valence-corrected chi connectivity index (χ4v) is 2.16.